The molecule has 0 fully saturated rings. The largest absolute Gasteiger partial charge is 0.480 e. The average Bonchev–Trinajstić information content (AvgIpc) is 2.63. The fourth-order valence-electron chi connectivity index (χ4n) is 1.23. The Morgan fingerprint density at radius 3 is 2.88 bits per heavy atom. The van der Waals surface area contributed by atoms with Crippen LogP contribution in [0.2, 0.25) is 0 Å². The van der Waals surface area contributed by atoms with Crippen molar-refractivity contribution in [3.05, 3.63) is 18.0 Å². The van der Waals surface area contributed by atoms with E-state index in [9.17, 15) is 9.59 Å². The molecule has 0 aliphatic carbocycles. The van der Waals surface area contributed by atoms with Gasteiger partial charge in [-0.2, -0.15) is 5.10 Å². The van der Waals surface area contributed by atoms with Gasteiger partial charge in [0.2, 0.25) is 5.91 Å². The molecule has 1 amide bonds. The van der Waals surface area contributed by atoms with Crippen LogP contribution in [0.15, 0.2) is 12.4 Å². The molecule has 1 rings (SSSR count). The van der Waals surface area contributed by atoms with E-state index in [4.69, 9.17) is 5.11 Å². The molecule has 0 atom stereocenters. The zero-order valence-electron chi connectivity index (χ0n) is 9.55. The molecule has 1 aromatic rings. The van der Waals surface area contributed by atoms with Crippen molar-refractivity contribution in [2.45, 2.75) is 6.42 Å². The number of carbonyl (C=O) groups excluding carboxylic acids is 1. The van der Waals surface area contributed by atoms with Crippen LogP contribution in [0, 0.1) is 0 Å². The van der Waals surface area contributed by atoms with E-state index < -0.39 is 12.6 Å². The Morgan fingerprint density at radius 2 is 2.29 bits per heavy atom. The van der Waals surface area contributed by atoms with Crippen molar-refractivity contribution in [2.24, 2.45) is 7.05 Å². The van der Waals surface area contributed by atoms with Gasteiger partial charge in [0.05, 0.1) is 6.20 Å². The number of nitrogens with zero attached hydrogens (tertiary/aromatic N) is 2. The normalized spacial score (nSPS) is 10.2. The first-order valence-electron chi connectivity index (χ1n) is 5.11. The van der Waals surface area contributed by atoms with Gasteiger partial charge in [0, 0.05) is 19.8 Å². The Morgan fingerprint density at radius 1 is 1.53 bits per heavy atom. The van der Waals surface area contributed by atoms with E-state index in [1.165, 1.54) is 0 Å². The molecule has 0 aromatic carbocycles. The predicted molar refractivity (Wildman–Crippen MR) is 58.4 cm³/mol. The van der Waals surface area contributed by atoms with Crippen molar-refractivity contribution in [3.8, 4) is 0 Å². The molecule has 0 aliphatic rings. The fraction of sp³-hybridized carbons (Fsp3) is 0.500. The summed E-state index contributed by atoms with van der Waals surface area (Å²) in [7, 11) is 1.82. The highest BCUT2D eigenvalue weighted by atomic mass is 16.5. The molecule has 2 N–H and O–H groups in total. The van der Waals surface area contributed by atoms with Crippen molar-refractivity contribution in [1.29, 1.82) is 0 Å². The van der Waals surface area contributed by atoms with Gasteiger partial charge >= 0.3 is 5.97 Å². The fourth-order valence-corrected chi connectivity index (χ4v) is 1.23. The van der Waals surface area contributed by atoms with Crippen LogP contribution in [0.5, 0.6) is 0 Å². The smallest absolute Gasteiger partial charge is 0.329 e. The minimum absolute atomic E-state index is 0.237. The third-order valence-corrected chi connectivity index (χ3v) is 1.95. The maximum absolute atomic E-state index is 11.2. The lowest BCUT2D eigenvalue weighted by molar-refractivity contribution is -0.143. The quantitative estimate of drug-likeness (QED) is 0.650. The van der Waals surface area contributed by atoms with Crippen LogP contribution in [0.3, 0.4) is 0 Å². The van der Waals surface area contributed by atoms with E-state index >= 15 is 0 Å². The second-order valence-corrected chi connectivity index (χ2v) is 3.51. The SMILES string of the molecule is Cn1cc(CCNC(=O)COCC(=O)O)cn1. The lowest BCUT2D eigenvalue weighted by Crippen LogP contribution is -2.30. The number of aliphatic carboxylic acids is 1. The molecule has 94 valence electrons. The first-order valence-corrected chi connectivity index (χ1v) is 5.11. The molecule has 0 bridgehead atoms. The first kappa shape index (κ1) is 13.2. The molecule has 7 heteroatoms. The number of ether oxygens (including phenoxy) is 1. The summed E-state index contributed by atoms with van der Waals surface area (Å²) >= 11 is 0. The van der Waals surface area contributed by atoms with E-state index in [2.05, 4.69) is 15.2 Å². The van der Waals surface area contributed by atoms with Crippen molar-refractivity contribution in [3.63, 3.8) is 0 Å². The number of carboxylic acids is 1. The van der Waals surface area contributed by atoms with Gasteiger partial charge in [-0.3, -0.25) is 9.48 Å². The number of aryl methyl sites for hydroxylation is 1. The number of aromatic nitrogens is 2. The zero-order chi connectivity index (χ0) is 12.7. The van der Waals surface area contributed by atoms with Crippen LogP contribution in [-0.2, 0) is 27.8 Å². The maximum atomic E-state index is 11.2. The number of nitrogens with one attached hydrogen (secondary N) is 1. The summed E-state index contributed by atoms with van der Waals surface area (Å²) in [5.41, 5.74) is 1.03. The highest BCUT2D eigenvalue weighted by Crippen LogP contribution is 1.95. The molecule has 1 heterocycles. The third-order valence-electron chi connectivity index (χ3n) is 1.95. The van der Waals surface area contributed by atoms with E-state index in [0.717, 1.165) is 5.56 Å². The van der Waals surface area contributed by atoms with Gasteiger partial charge in [-0.15, -0.1) is 0 Å². The van der Waals surface area contributed by atoms with Crippen LogP contribution in [0.25, 0.3) is 0 Å². The number of hydrogen-bond acceptors (Lipinski definition) is 4. The summed E-state index contributed by atoms with van der Waals surface area (Å²) < 4.78 is 6.32. The van der Waals surface area contributed by atoms with E-state index in [-0.39, 0.29) is 12.5 Å². The van der Waals surface area contributed by atoms with Gasteiger partial charge in [-0.25, -0.2) is 4.79 Å². The molecular formula is C10H15N3O4. The van der Waals surface area contributed by atoms with Gasteiger partial charge in [-0.1, -0.05) is 0 Å². The van der Waals surface area contributed by atoms with Crippen LogP contribution in [-0.4, -0.2) is 46.5 Å². The summed E-state index contributed by atoms with van der Waals surface area (Å²) in [5.74, 6) is -1.41. The van der Waals surface area contributed by atoms with E-state index in [1.807, 2.05) is 13.2 Å². The number of rotatable bonds is 7. The number of carbonyl (C=O) groups is 2. The van der Waals surface area contributed by atoms with Gasteiger partial charge in [-0.05, 0) is 12.0 Å². The number of carboxylic acid groups (broad SMARTS) is 1. The molecule has 0 aliphatic heterocycles. The van der Waals surface area contributed by atoms with Crippen molar-refractivity contribution < 1.29 is 19.4 Å². The van der Waals surface area contributed by atoms with E-state index in [0.29, 0.717) is 13.0 Å². The van der Waals surface area contributed by atoms with Crippen LogP contribution in [0.1, 0.15) is 5.56 Å². The topological polar surface area (TPSA) is 93.5 Å². The molecule has 1 aromatic heterocycles. The predicted octanol–water partition coefficient (Wildman–Crippen LogP) is -0.820. The van der Waals surface area contributed by atoms with Crippen molar-refractivity contribution in [1.82, 2.24) is 15.1 Å². The lowest BCUT2D eigenvalue weighted by Gasteiger charge is -2.03. The zero-order valence-corrected chi connectivity index (χ0v) is 9.55. The first-order chi connectivity index (χ1) is 8.08. The van der Waals surface area contributed by atoms with Gasteiger partial charge < -0.3 is 15.2 Å². The Hall–Kier alpha value is -1.89. The highest BCUT2D eigenvalue weighted by molar-refractivity contribution is 5.77. The molecule has 17 heavy (non-hydrogen) atoms. The summed E-state index contributed by atoms with van der Waals surface area (Å²) in [4.78, 5) is 21.3. The Balaban J connectivity index is 2.10. The summed E-state index contributed by atoms with van der Waals surface area (Å²) in [6.45, 7) is -0.226. The summed E-state index contributed by atoms with van der Waals surface area (Å²) in [6, 6.07) is 0. The standard InChI is InChI=1S/C10H15N3O4/c1-13-5-8(4-12-13)2-3-11-9(14)6-17-7-10(15)16/h4-5H,2-3,6-7H2,1H3,(H,11,14)(H,15,16). The van der Waals surface area contributed by atoms with Crippen molar-refractivity contribution >= 4 is 11.9 Å². The third kappa shape index (κ3) is 5.67. The van der Waals surface area contributed by atoms with Gasteiger partial charge in [0.1, 0.15) is 13.2 Å². The molecule has 7 nitrogen and oxygen atoms in total. The molecule has 0 spiro atoms. The molecule has 0 radical (unpaired) electrons. The molecule has 0 unspecified atom stereocenters. The van der Waals surface area contributed by atoms with Gasteiger partial charge in [0.15, 0.2) is 0 Å². The van der Waals surface area contributed by atoms with Crippen molar-refractivity contribution in [2.75, 3.05) is 19.8 Å². The second kappa shape index (κ2) is 6.64. The minimum Gasteiger partial charge on any atom is -0.480 e. The minimum atomic E-state index is -1.09. The van der Waals surface area contributed by atoms with E-state index in [1.54, 1.807) is 10.9 Å². The molecule has 0 saturated carbocycles. The number of amides is 1. The Kier molecular flexibility index (Phi) is 5.15. The van der Waals surface area contributed by atoms with Gasteiger partial charge in [0.25, 0.3) is 0 Å². The Bertz CT molecular complexity index is 389. The highest BCUT2D eigenvalue weighted by Gasteiger charge is 2.03. The summed E-state index contributed by atoms with van der Waals surface area (Å²) in [5, 5.41) is 14.9. The maximum Gasteiger partial charge on any atom is 0.329 e. The molecule has 0 saturated heterocycles. The average molecular weight is 241 g/mol. The van der Waals surface area contributed by atoms with Crippen LogP contribution in [0.4, 0.5) is 0 Å². The van der Waals surface area contributed by atoms with Crippen LogP contribution >= 0.6 is 0 Å². The number of hydrogen-bond donors (Lipinski definition) is 2. The second-order valence-electron chi connectivity index (χ2n) is 3.51. The lowest BCUT2D eigenvalue weighted by atomic mass is 10.2. The van der Waals surface area contributed by atoms with Crippen LogP contribution < -0.4 is 5.32 Å². The molecular weight excluding hydrogens is 226 g/mol. The monoisotopic (exact) mass is 241 g/mol. The summed E-state index contributed by atoms with van der Waals surface area (Å²) in [6.07, 6.45) is 4.28. The Labute approximate surface area is 98.4 Å².